The smallest absolute Gasteiger partial charge is 0.328 e. The van der Waals surface area contributed by atoms with Crippen molar-refractivity contribution in [1.82, 2.24) is 5.32 Å². The molecule has 0 spiro atoms. The molecule has 178 valence electrons. The quantitative estimate of drug-likeness (QED) is 0.118. The number of hydrogen-bond acceptors (Lipinski definition) is 4. The van der Waals surface area contributed by atoms with Crippen LogP contribution in [0.15, 0.2) is 4.99 Å². The molecule has 0 aromatic heterocycles. The zero-order valence-corrected chi connectivity index (χ0v) is 19.9. The largest absolute Gasteiger partial charge is 0.464 e. The molecule has 0 aromatic carbocycles. The highest BCUT2D eigenvalue weighted by Crippen LogP contribution is 2.12. The van der Waals surface area contributed by atoms with Gasteiger partial charge in [0, 0.05) is 13.0 Å². The van der Waals surface area contributed by atoms with Crippen molar-refractivity contribution in [2.45, 2.75) is 110 Å². The van der Waals surface area contributed by atoms with E-state index in [4.69, 9.17) is 16.2 Å². The van der Waals surface area contributed by atoms with Crippen molar-refractivity contribution < 1.29 is 14.3 Å². The first-order chi connectivity index (χ1) is 14.0. The van der Waals surface area contributed by atoms with Gasteiger partial charge in [0.2, 0.25) is 5.91 Å². The Hall–Kier alpha value is -1.50. The lowest BCUT2D eigenvalue weighted by molar-refractivity contribution is -0.147. The number of halogens is 1. The number of unbranched alkanes of at least 4 members (excludes halogenated alkanes) is 10. The summed E-state index contributed by atoms with van der Waals surface area (Å²) in [6, 6.07) is -0.635. The summed E-state index contributed by atoms with van der Waals surface area (Å²) in [7, 11) is 0. The first kappa shape index (κ1) is 30.7. The fourth-order valence-electron chi connectivity index (χ4n) is 3.21. The van der Waals surface area contributed by atoms with Gasteiger partial charge in [0.15, 0.2) is 5.96 Å². The number of hydrogen-bond donors (Lipinski definition) is 3. The molecule has 0 aliphatic heterocycles. The number of nitrogens with one attached hydrogen (secondary N) is 1. The molecule has 0 bridgehead atoms. The second-order valence-electron chi connectivity index (χ2n) is 7.61. The van der Waals surface area contributed by atoms with Crippen molar-refractivity contribution in [3.8, 4) is 0 Å². The Morgan fingerprint density at radius 3 is 1.90 bits per heavy atom. The van der Waals surface area contributed by atoms with E-state index < -0.39 is 12.0 Å². The van der Waals surface area contributed by atoms with Crippen LogP contribution in [0.3, 0.4) is 0 Å². The minimum absolute atomic E-state index is 0. The molecule has 0 heterocycles. The summed E-state index contributed by atoms with van der Waals surface area (Å²) in [5.74, 6) is -0.469. The second kappa shape index (κ2) is 22.2. The van der Waals surface area contributed by atoms with Crippen molar-refractivity contribution in [2.24, 2.45) is 16.5 Å². The zero-order chi connectivity index (χ0) is 21.7. The molecule has 8 heteroatoms. The van der Waals surface area contributed by atoms with E-state index in [9.17, 15) is 9.59 Å². The Bertz CT molecular complexity index is 458. The van der Waals surface area contributed by atoms with Crippen molar-refractivity contribution in [1.29, 1.82) is 0 Å². The maximum Gasteiger partial charge on any atom is 0.328 e. The monoisotopic (exact) mass is 448 g/mol. The van der Waals surface area contributed by atoms with E-state index >= 15 is 0 Å². The highest BCUT2D eigenvalue weighted by molar-refractivity contribution is 5.85. The lowest BCUT2D eigenvalue weighted by atomic mass is 10.0. The lowest BCUT2D eigenvalue weighted by Gasteiger charge is -2.17. The van der Waals surface area contributed by atoms with Crippen LogP contribution in [0.2, 0.25) is 0 Å². The molecular weight excluding hydrogens is 404 g/mol. The van der Waals surface area contributed by atoms with Gasteiger partial charge in [-0.3, -0.25) is 9.79 Å². The minimum Gasteiger partial charge on any atom is -0.464 e. The molecule has 7 nitrogen and oxygen atoms in total. The number of amides is 1. The van der Waals surface area contributed by atoms with Crippen molar-refractivity contribution in [3.05, 3.63) is 0 Å². The standard InChI is InChI=1S/C22H44N4O3.ClH/c1-3-5-6-7-8-9-10-11-12-13-14-17-20(27)26-19(21(28)29-4-2)16-15-18-25-22(23)24;/h19H,3-18H2,1-2H3,(H,26,27)(H4,23,24,25);1H/t19-;/m0./s1. The van der Waals surface area contributed by atoms with Crippen LogP contribution >= 0.6 is 12.4 Å². The molecule has 0 aliphatic rings. The number of ether oxygens (including phenoxy) is 1. The molecule has 1 atom stereocenters. The maximum absolute atomic E-state index is 12.2. The average Bonchev–Trinajstić information content (AvgIpc) is 2.68. The molecule has 0 saturated heterocycles. The van der Waals surface area contributed by atoms with Crippen LogP contribution in [-0.2, 0) is 14.3 Å². The summed E-state index contributed by atoms with van der Waals surface area (Å²) in [4.78, 5) is 28.1. The normalized spacial score (nSPS) is 11.3. The molecule has 5 N–H and O–H groups in total. The Kier molecular flexibility index (Phi) is 22.7. The second-order valence-corrected chi connectivity index (χ2v) is 7.61. The Labute approximate surface area is 189 Å². The van der Waals surface area contributed by atoms with Crippen LogP contribution in [-0.4, -0.2) is 37.0 Å². The van der Waals surface area contributed by atoms with E-state index in [2.05, 4.69) is 17.2 Å². The number of nitrogens with two attached hydrogens (primary N) is 2. The number of esters is 1. The lowest BCUT2D eigenvalue weighted by Crippen LogP contribution is -2.42. The van der Waals surface area contributed by atoms with Crippen LogP contribution in [0, 0.1) is 0 Å². The zero-order valence-electron chi connectivity index (χ0n) is 19.1. The van der Waals surface area contributed by atoms with E-state index in [1.807, 2.05) is 0 Å². The molecule has 0 radical (unpaired) electrons. The van der Waals surface area contributed by atoms with Gasteiger partial charge in [-0.25, -0.2) is 4.79 Å². The number of guanidine groups is 1. The third kappa shape index (κ3) is 19.8. The fraction of sp³-hybridized carbons (Fsp3) is 0.864. The topological polar surface area (TPSA) is 120 Å². The van der Waals surface area contributed by atoms with Crippen molar-refractivity contribution in [3.63, 3.8) is 0 Å². The Morgan fingerprint density at radius 1 is 0.867 bits per heavy atom. The molecule has 0 rings (SSSR count). The molecule has 1 amide bonds. The fourth-order valence-corrected chi connectivity index (χ4v) is 3.21. The van der Waals surface area contributed by atoms with Gasteiger partial charge < -0.3 is 21.5 Å². The first-order valence-electron chi connectivity index (χ1n) is 11.5. The molecule has 30 heavy (non-hydrogen) atoms. The predicted octanol–water partition coefficient (Wildman–Crippen LogP) is 4.21. The van der Waals surface area contributed by atoms with E-state index in [-0.39, 0.29) is 30.9 Å². The molecular formula is C22H45ClN4O3. The summed E-state index contributed by atoms with van der Waals surface area (Å²) < 4.78 is 5.06. The third-order valence-electron chi connectivity index (χ3n) is 4.86. The van der Waals surface area contributed by atoms with Gasteiger partial charge in [-0.2, -0.15) is 0 Å². The number of nitrogens with zero attached hydrogens (tertiary/aromatic N) is 1. The van der Waals surface area contributed by atoms with Crippen LogP contribution in [0.25, 0.3) is 0 Å². The molecule has 0 fully saturated rings. The van der Waals surface area contributed by atoms with Crippen LogP contribution in [0.4, 0.5) is 0 Å². The van der Waals surface area contributed by atoms with Gasteiger partial charge in [-0.1, -0.05) is 71.1 Å². The Morgan fingerprint density at radius 2 is 1.40 bits per heavy atom. The molecule has 0 unspecified atom stereocenters. The van der Waals surface area contributed by atoms with Crippen molar-refractivity contribution >= 4 is 30.2 Å². The first-order valence-corrected chi connectivity index (χ1v) is 11.5. The van der Waals surface area contributed by atoms with Crippen LogP contribution in [0.5, 0.6) is 0 Å². The summed E-state index contributed by atoms with van der Waals surface area (Å²) in [6.07, 6.45) is 15.2. The average molecular weight is 449 g/mol. The van der Waals surface area contributed by atoms with E-state index in [0.717, 1.165) is 12.8 Å². The number of carbonyl (C=O) groups excluding carboxylic acids is 2. The maximum atomic E-state index is 12.2. The van der Waals surface area contributed by atoms with Crippen LogP contribution in [0.1, 0.15) is 104 Å². The van der Waals surface area contributed by atoms with Gasteiger partial charge in [0.25, 0.3) is 0 Å². The summed E-state index contributed by atoms with van der Waals surface area (Å²) in [5, 5.41) is 2.80. The van der Waals surface area contributed by atoms with Gasteiger partial charge in [-0.05, 0) is 26.2 Å². The van der Waals surface area contributed by atoms with Crippen molar-refractivity contribution in [2.75, 3.05) is 13.2 Å². The van der Waals surface area contributed by atoms with E-state index in [1.54, 1.807) is 6.92 Å². The van der Waals surface area contributed by atoms with E-state index in [1.165, 1.54) is 57.8 Å². The van der Waals surface area contributed by atoms with Gasteiger partial charge in [0.1, 0.15) is 6.04 Å². The third-order valence-corrected chi connectivity index (χ3v) is 4.86. The van der Waals surface area contributed by atoms with Crippen LogP contribution < -0.4 is 16.8 Å². The number of rotatable bonds is 19. The van der Waals surface area contributed by atoms with E-state index in [0.29, 0.717) is 25.8 Å². The number of aliphatic imine (C=N–C) groups is 1. The minimum atomic E-state index is -0.635. The Balaban J connectivity index is 0. The molecule has 0 saturated carbocycles. The number of carbonyl (C=O) groups is 2. The predicted molar refractivity (Wildman–Crippen MR) is 127 cm³/mol. The summed E-state index contributed by atoms with van der Waals surface area (Å²) >= 11 is 0. The molecule has 0 aromatic rings. The highest BCUT2D eigenvalue weighted by Gasteiger charge is 2.21. The van der Waals surface area contributed by atoms with Gasteiger partial charge in [-0.15, -0.1) is 12.4 Å². The summed E-state index contributed by atoms with van der Waals surface area (Å²) in [5.41, 5.74) is 10.6. The molecule has 0 aliphatic carbocycles. The summed E-state index contributed by atoms with van der Waals surface area (Å²) in [6.45, 7) is 4.71. The highest BCUT2D eigenvalue weighted by atomic mass is 35.5. The SMILES string of the molecule is CCCCCCCCCCCCCC(=O)N[C@@H](CCCN=C(N)N)C(=O)OCC.Cl. The van der Waals surface area contributed by atoms with Gasteiger partial charge in [0.05, 0.1) is 6.61 Å². The van der Waals surface area contributed by atoms with Gasteiger partial charge >= 0.3 is 5.97 Å².